The average Bonchev–Trinajstić information content (AvgIpc) is 3.45. The van der Waals surface area contributed by atoms with Crippen molar-refractivity contribution >= 4 is 44.5 Å². The van der Waals surface area contributed by atoms with Crippen molar-refractivity contribution < 1.29 is 22.7 Å². The molecular formula is C22H27N3O5S2. The van der Waals surface area contributed by atoms with E-state index in [-0.39, 0.29) is 17.7 Å². The van der Waals surface area contributed by atoms with E-state index in [1.165, 1.54) is 37.4 Å². The summed E-state index contributed by atoms with van der Waals surface area (Å²) in [4.78, 5) is 27.9. The van der Waals surface area contributed by atoms with Gasteiger partial charge in [-0.15, -0.1) is 4.40 Å². The number of benzene rings is 1. The molecule has 1 aromatic carbocycles. The van der Waals surface area contributed by atoms with Gasteiger partial charge in [-0.1, -0.05) is 6.42 Å². The number of amides is 1. The first-order valence-corrected chi connectivity index (χ1v) is 13.6. The van der Waals surface area contributed by atoms with Crippen LogP contribution in [0.2, 0.25) is 0 Å². The molecule has 2 aliphatic heterocycles. The fraction of sp³-hybridized carbons (Fsp3) is 0.591. The van der Waals surface area contributed by atoms with Crippen LogP contribution in [0, 0.1) is 17.8 Å². The molecule has 0 aromatic heterocycles. The zero-order valence-electron chi connectivity index (χ0n) is 18.1. The SMILES string of the molecule is CC(OC(=O)c1ccc2c(c1)SC1=NS(=O)(=O)CCN12)C(=O)NC(C)C1CC2CCC1C2. The van der Waals surface area contributed by atoms with Crippen molar-refractivity contribution in [2.45, 2.75) is 56.6 Å². The summed E-state index contributed by atoms with van der Waals surface area (Å²) in [5.41, 5.74) is 1.14. The van der Waals surface area contributed by atoms with E-state index in [2.05, 4.69) is 9.71 Å². The van der Waals surface area contributed by atoms with Crippen LogP contribution in [0.25, 0.3) is 0 Å². The molecule has 1 aromatic rings. The van der Waals surface area contributed by atoms with Gasteiger partial charge in [0.15, 0.2) is 11.3 Å². The van der Waals surface area contributed by atoms with Gasteiger partial charge in [0, 0.05) is 17.5 Å². The van der Waals surface area contributed by atoms with Crippen molar-refractivity contribution in [2.75, 3.05) is 17.2 Å². The number of anilines is 1. The molecule has 2 heterocycles. The molecule has 10 heteroatoms. The molecule has 8 nitrogen and oxygen atoms in total. The standard InChI is InChI=1S/C22H27N3O5S2/c1-12(17-10-14-3-4-15(17)9-14)23-20(26)13(2)30-21(27)16-5-6-18-19(11-16)31-22-24-32(28,29)8-7-25(18)22/h5-6,11-15,17H,3-4,7-10H2,1-2H3,(H,23,26). The van der Waals surface area contributed by atoms with Crippen molar-refractivity contribution in [3.63, 3.8) is 0 Å². The molecule has 4 aliphatic rings. The molecule has 32 heavy (non-hydrogen) atoms. The molecule has 5 unspecified atom stereocenters. The summed E-state index contributed by atoms with van der Waals surface area (Å²) in [6, 6.07) is 5.14. The number of amidine groups is 1. The minimum absolute atomic E-state index is 0.0341. The van der Waals surface area contributed by atoms with Gasteiger partial charge in [-0.05, 0) is 80.8 Å². The number of hydrogen-bond donors (Lipinski definition) is 1. The number of hydrogen-bond acceptors (Lipinski definition) is 7. The van der Waals surface area contributed by atoms with Crippen LogP contribution >= 0.6 is 11.8 Å². The van der Waals surface area contributed by atoms with Crippen LogP contribution < -0.4 is 10.2 Å². The Balaban J connectivity index is 1.21. The molecule has 2 saturated carbocycles. The normalized spacial score (nSPS) is 29.0. The first-order chi connectivity index (χ1) is 15.2. The Labute approximate surface area is 192 Å². The number of esters is 1. The quantitative estimate of drug-likeness (QED) is 0.650. The second-order valence-corrected chi connectivity index (χ2v) is 12.0. The molecular weight excluding hydrogens is 450 g/mol. The van der Waals surface area contributed by atoms with Crippen LogP contribution in [0.1, 0.15) is 49.9 Å². The van der Waals surface area contributed by atoms with Crippen molar-refractivity contribution in [2.24, 2.45) is 22.2 Å². The highest BCUT2D eigenvalue weighted by atomic mass is 32.2. The number of fused-ring (bicyclic) bond motifs is 5. The summed E-state index contributed by atoms with van der Waals surface area (Å²) in [5, 5.41) is 3.45. The number of nitrogens with zero attached hydrogens (tertiary/aromatic N) is 2. The van der Waals surface area contributed by atoms with Gasteiger partial charge in [0.05, 0.1) is 17.0 Å². The molecule has 1 amide bonds. The zero-order valence-corrected chi connectivity index (χ0v) is 19.7. The molecule has 0 radical (unpaired) electrons. The highest BCUT2D eigenvalue weighted by molar-refractivity contribution is 8.15. The largest absolute Gasteiger partial charge is 0.449 e. The van der Waals surface area contributed by atoms with E-state index in [1.54, 1.807) is 25.1 Å². The van der Waals surface area contributed by atoms with Gasteiger partial charge in [-0.3, -0.25) is 4.79 Å². The lowest BCUT2D eigenvalue weighted by molar-refractivity contribution is -0.130. The maximum atomic E-state index is 12.7. The van der Waals surface area contributed by atoms with Gasteiger partial charge < -0.3 is 15.0 Å². The predicted octanol–water partition coefficient (Wildman–Crippen LogP) is 2.78. The Morgan fingerprint density at radius 2 is 2.06 bits per heavy atom. The lowest BCUT2D eigenvalue weighted by atomic mass is 9.84. The third-order valence-corrected chi connectivity index (χ3v) is 9.47. The van der Waals surface area contributed by atoms with E-state index in [4.69, 9.17) is 4.74 Å². The van der Waals surface area contributed by atoms with Crippen molar-refractivity contribution in [3.05, 3.63) is 23.8 Å². The Morgan fingerprint density at radius 3 is 2.78 bits per heavy atom. The first-order valence-electron chi connectivity index (χ1n) is 11.1. The summed E-state index contributed by atoms with van der Waals surface area (Å²) in [6.07, 6.45) is 4.13. The topological polar surface area (TPSA) is 105 Å². The van der Waals surface area contributed by atoms with Gasteiger partial charge in [-0.25, -0.2) is 13.2 Å². The summed E-state index contributed by atoms with van der Waals surface area (Å²) in [5.74, 6) is 1.14. The fourth-order valence-electron chi connectivity index (χ4n) is 5.49. The molecule has 0 saturated heterocycles. The predicted molar refractivity (Wildman–Crippen MR) is 122 cm³/mol. The Kier molecular flexibility index (Phi) is 5.48. The molecule has 172 valence electrons. The number of thioether (sulfide) groups is 1. The smallest absolute Gasteiger partial charge is 0.338 e. The third kappa shape index (κ3) is 4.03. The summed E-state index contributed by atoms with van der Waals surface area (Å²) < 4.78 is 32.8. The van der Waals surface area contributed by atoms with E-state index < -0.39 is 22.1 Å². The number of carbonyl (C=O) groups excluding carboxylic acids is 2. The lowest BCUT2D eigenvalue weighted by Crippen LogP contribution is -2.45. The van der Waals surface area contributed by atoms with Gasteiger partial charge in [-0.2, -0.15) is 0 Å². The van der Waals surface area contributed by atoms with Crippen LogP contribution in [-0.4, -0.2) is 49.9 Å². The minimum Gasteiger partial charge on any atom is -0.449 e. The van der Waals surface area contributed by atoms with Gasteiger partial charge in [0.1, 0.15) is 0 Å². The molecule has 1 N–H and O–H groups in total. The minimum atomic E-state index is -3.44. The number of nitrogens with one attached hydrogen (secondary N) is 1. The van der Waals surface area contributed by atoms with E-state index in [0.29, 0.717) is 29.1 Å². The van der Waals surface area contributed by atoms with Gasteiger partial charge in [0.2, 0.25) is 0 Å². The van der Waals surface area contributed by atoms with Crippen molar-refractivity contribution in [3.8, 4) is 0 Å². The monoisotopic (exact) mass is 477 g/mol. The number of carbonyl (C=O) groups is 2. The van der Waals surface area contributed by atoms with Crippen LogP contribution in [0.5, 0.6) is 0 Å². The molecule has 5 atom stereocenters. The van der Waals surface area contributed by atoms with Crippen LogP contribution in [0.15, 0.2) is 27.5 Å². The molecule has 2 aliphatic carbocycles. The number of rotatable bonds is 5. The fourth-order valence-corrected chi connectivity index (χ4v) is 7.79. The number of sulfonamides is 1. The second-order valence-electron chi connectivity index (χ2n) is 9.28. The molecule has 2 bridgehead atoms. The third-order valence-electron chi connectivity index (χ3n) is 7.17. The first kappa shape index (κ1) is 21.8. The highest BCUT2D eigenvalue weighted by Crippen LogP contribution is 2.49. The lowest BCUT2D eigenvalue weighted by Gasteiger charge is -2.29. The summed E-state index contributed by atoms with van der Waals surface area (Å²) in [6.45, 7) is 3.97. The van der Waals surface area contributed by atoms with Crippen molar-refractivity contribution in [1.29, 1.82) is 0 Å². The Morgan fingerprint density at radius 1 is 1.25 bits per heavy atom. The van der Waals surface area contributed by atoms with E-state index in [0.717, 1.165) is 16.5 Å². The maximum Gasteiger partial charge on any atom is 0.338 e. The van der Waals surface area contributed by atoms with Crippen LogP contribution in [0.3, 0.4) is 0 Å². The second kappa shape index (κ2) is 8.06. The summed E-state index contributed by atoms with van der Waals surface area (Å²) in [7, 11) is -3.44. The Hall–Kier alpha value is -2.07. The van der Waals surface area contributed by atoms with Crippen molar-refractivity contribution in [1.82, 2.24) is 5.32 Å². The van der Waals surface area contributed by atoms with Crippen LogP contribution in [0.4, 0.5) is 5.69 Å². The maximum absolute atomic E-state index is 12.7. The van der Waals surface area contributed by atoms with Gasteiger partial charge in [0.25, 0.3) is 15.9 Å². The van der Waals surface area contributed by atoms with Gasteiger partial charge >= 0.3 is 5.97 Å². The van der Waals surface area contributed by atoms with Crippen LogP contribution in [-0.2, 0) is 19.6 Å². The highest BCUT2D eigenvalue weighted by Gasteiger charge is 2.42. The summed E-state index contributed by atoms with van der Waals surface area (Å²) >= 11 is 1.22. The number of ether oxygens (including phenoxy) is 1. The molecule has 5 rings (SSSR count). The average molecular weight is 478 g/mol. The van der Waals surface area contributed by atoms with E-state index in [1.807, 2.05) is 11.8 Å². The molecule has 2 fully saturated rings. The molecule has 0 spiro atoms. The van der Waals surface area contributed by atoms with E-state index >= 15 is 0 Å². The Bertz CT molecular complexity index is 1100. The zero-order chi connectivity index (χ0) is 22.6. The van der Waals surface area contributed by atoms with E-state index in [9.17, 15) is 18.0 Å².